The van der Waals surface area contributed by atoms with Gasteiger partial charge in [0, 0.05) is 44.6 Å². The van der Waals surface area contributed by atoms with Gasteiger partial charge in [0.15, 0.2) is 5.82 Å². The Morgan fingerprint density at radius 2 is 2.26 bits per heavy atom. The molecule has 1 saturated heterocycles. The highest BCUT2D eigenvalue weighted by Gasteiger charge is 2.29. The minimum Gasteiger partial charge on any atom is -0.338 e. The molecule has 0 spiro atoms. The molecular formula is C18H21N7O2. The van der Waals surface area contributed by atoms with Crippen LogP contribution >= 0.6 is 0 Å². The van der Waals surface area contributed by atoms with E-state index in [0.29, 0.717) is 19.6 Å². The highest BCUT2D eigenvalue weighted by atomic mass is 16.2. The van der Waals surface area contributed by atoms with Crippen molar-refractivity contribution in [3.05, 3.63) is 64.6 Å². The number of nitrogens with one attached hydrogen (secondary N) is 1. The number of amides is 1. The molecule has 1 aliphatic rings. The number of piperidine rings is 1. The molecule has 1 amide bonds. The van der Waals surface area contributed by atoms with E-state index in [0.717, 1.165) is 24.5 Å². The maximum atomic E-state index is 12.8. The first-order valence-electron chi connectivity index (χ1n) is 8.94. The Morgan fingerprint density at radius 3 is 3.04 bits per heavy atom. The van der Waals surface area contributed by atoms with Crippen molar-refractivity contribution >= 4 is 5.91 Å². The number of pyridine rings is 1. The van der Waals surface area contributed by atoms with Gasteiger partial charge in [0.1, 0.15) is 11.4 Å². The quantitative estimate of drug-likeness (QED) is 0.734. The van der Waals surface area contributed by atoms with Gasteiger partial charge in [-0.15, -0.1) is 10.2 Å². The van der Waals surface area contributed by atoms with E-state index in [1.807, 2.05) is 22.4 Å². The zero-order chi connectivity index (χ0) is 18.8. The molecule has 1 fully saturated rings. The van der Waals surface area contributed by atoms with E-state index in [4.69, 9.17) is 0 Å². The fraction of sp³-hybridized carbons (Fsp3) is 0.389. The molecule has 9 heteroatoms. The molecular weight excluding hydrogens is 346 g/mol. The Kier molecular flexibility index (Phi) is 4.57. The largest absolute Gasteiger partial charge is 0.338 e. The summed E-state index contributed by atoms with van der Waals surface area (Å²) in [7, 11) is 1.95. The Balaban J connectivity index is 1.52. The lowest BCUT2D eigenvalue weighted by Crippen LogP contribution is -2.41. The molecule has 0 aliphatic carbocycles. The third-order valence-corrected chi connectivity index (χ3v) is 5.00. The minimum absolute atomic E-state index is 0.0968. The van der Waals surface area contributed by atoms with Crippen molar-refractivity contribution in [2.75, 3.05) is 13.1 Å². The van der Waals surface area contributed by atoms with E-state index in [1.165, 1.54) is 6.20 Å². The molecule has 1 aliphatic heterocycles. The van der Waals surface area contributed by atoms with E-state index in [-0.39, 0.29) is 22.9 Å². The van der Waals surface area contributed by atoms with E-state index in [1.54, 1.807) is 29.6 Å². The lowest BCUT2D eigenvalue weighted by Gasteiger charge is -2.32. The summed E-state index contributed by atoms with van der Waals surface area (Å²) < 4.78 is 3.93. The Bertz CT molecular complexity index is 989. The first-order chi connectivity index (χ1) is 13.1. The molecule has 0 aromatic carbocycles. The highest BCUT2D eigenvalue weighted by molar-refractivity contribution is 5.93. The number of aromatic amines is 1. The first kappa shape index (κ1) is 17.2. The zero-order valence-corrected chi connectivity index (χ0v) is 15.1. The zero-order valence-electron chi connectivity index (χ0n) is 15.1. The second kappa shape index (κ2) is 7.18. The van der Waals surface area contributed by atoms with Crippen LogP contribution in [-0.2, 0) is 13.6 Å². The molecule has 3 aromatic heterocycles. The number of aromatic nitrogens is 6. The van der Waals surface area contributed by atoms with Crippen LogP contribution in [0.1, 0.15) is 40.8 Å². The number of carbonyl (C=O) groups excluding carboxylic acids is 1. The molecule has 140 valence electrons. The Morgan fingerprint density at radius 1 is 1.37 bits per heavy atom. The predicted molar refractivity (Wildman–Crippen MR) is 97.3 cm³/mol. The van der Waals surface area contributed by atoms with Gasteiger partial charge in [-0.2, -0.15) is 0 Å². The summed E-state index contributed by atoms with van der Waals surface area (Å²) in [5.41, 5.74) is -0.178. The molecule has 4 rings (SSSR count). The lowest BCUT2D eigenvalue weighted by atomic mass is 9.96. The summed E-state index contributed by atoms with van der Waals surface area (Å²) in [5, 5.41) is 8.69. The fourth-order valence-electron chi connectivity index (χ4n) is 3.54. The molecule has 1 N–H and O–H groups in total. The standard InChI is InChI=1S/C18H21N7O2/c1-23-15(11-24-9-7-19-12-24)21-22-16(23)13-4-3-8-25(10-13)18(27)14-5-2-6-20-17(14)26/h2,5-7,9,12-13H,3-4,8,10-11H2,1H3,(H,20,26)/t13-/m1/s1. The summed E-state index contributed by atoms with van der Waals surface area (Å²) in [5.74, 6) is 1.57. The van der Waals surface area contributed by atoms with E-state index in [2.05, 4.69) is 20.2 Å². The van der Waals surface area contributed by atoms with Crippen molar-refractivity contribution in [2.45, 2.75) is 25.3 Å². The summed E-state index contributed by atoms with van der Waals surface area (Å²) in [4.78, 5) is 33.0. The van der Waals surface area contributed by atoms with Gasteiger partial charge in [-0.25, -0.2) is 4.98 Å². The van der Waals surface area contributed by atoms with Crippen molar-refractivity contribution in [3.8, 4) is 0 Å². The van der Waals surface area contributed by atoms with Crippen LogP contribution in [0, 0.1) is 0 Å². The number of hydrogen-bond acceptors (Lipinski definition) is 5. The number of rotatable bonds is 4. The minimum atomic E-state index is -0.356. The number of carbonyl (C=O) groups is 1. The number of hydrogen-bond donors (Lipinski definition) is 1. The molecule has 0 radical (unpaired) electrons. The SMILES string of the molecule is Cn1c(Cn2ccnc2)nnc1[C@@H]1CCCN(C(=O)c2ccc[nH]c2=O)C1. The van der Waals surface area contributed by atoms with Crippen molar-refractivity contribution in [2.24, 2.45) is 7.05 Å². The van der Waals surface area contributed by atoms with Gasteiger partial charge in [0.2, 0.25) is 0 Å². The lowest BCUT2D eigenvalue weighted by molar-refractivity contribution is 0.0701. The summed E-state index contributed by atoms with van der Waals surface area (Å²) in [6, 6.07) is 3.23. The fourth-order valence-corrected chi connectivity index (χ4v) is 3.54. The van der Waals surface area contributed by atoms with Crippen LogP contribution in [0.5, 0.6) is 0 Å². The normalized spacial score (nSPS) is 17.2. The molecule has 0 bridgehead atoms. The van der Waals surface area contributed by atoms with E-state index < -0.39 is 0 Å². The Hall–Kier alpha value is -3.23. The maximum absolute atomic E-state index is 12.8. The number of imidazole rings is 1. The number of likely N-dealkylation sites (tertiary alicyclic amines) is 1. The molecule has 27 heavy (non-hydrogen) atoms. The van der Waals surface area contributed by atoms with Crippen molar-refractivity contribution < 1.29 is 4.79 Å². The van der Waals surface area contributed by atoms with Crippen LogP contribution in [-0.4, -0.2) is 53.2 Å². The van der Waals surface area contributed by atoms with Crippen LogP contribution in [0.25, 0.3) is 0 Å². The summed E-state index contributed by atoms with van der Waals surface area (Å²) in [6.07, 6.45) is 8.68. The van der Waals surface area contributed by atoms with Crippen LogP contribution in [0.2, 0.25) is 0 Å². The van der Waals surface area contributed by atoms with Crippen LogP contribution in [0.4, 0.5) is 0 Å². The Labute approximate surface area is 155 Å². The van der Waals surface area contributed by atoms with Gasteiger partial charge in [-0.05, 0) is 25.0 Å². The average molecular weight is 367 g/mol. The smallest absolute Gasteiger partial charge is 0.260 e. The van der Waals surface area contributed by atoms with Gasteiger partial charge >= 0.3 is 0 Å². The van der Waals surface area contributed by atoms with Crippen molar-refractivity contribution in [1.29, 1.82) is 0 Å². The molecule has 0 unspecified atom stereocenters. The van der Waals surface area contributed by atoms with Gasteiger partial charge < -0.3 is 19.0 Å². The van der Waals surface area contributed by atoms with Gasteiger partial charge in [0.05, 0.1) is 12.9 Å². The predicted octanol–water partition coefficient (Wildman–Crippen LogP) is 0.768. The van der Waals surface area contributed by atoms with E-state index >= 15 is 0 Å². The highest BCUT2D eigenvalue weighted by Crippen LogP contribution is 2.26. The molecule has 9 nitrogen and oxygen atoms in total. The number of H-pyrrole nitrogens is 1. The monoisotopic (exact) mass is 367 g/mol. The summed E-state index contributed by atoms with van der Waals surface area (Å²) in [6.45, 7) is 1.77. The second-order valence-corrected chi connectivity index (χ2v) is 6.77. The van der Waals surface area contributed by atoms with Gasteiger partial charge in [-0.1, -0.05) is 0 Å². The second-order valence-electron chi connectivity index (χ2n) is 6.77. The topological polar surface area (TPSA) is 102 Å². The summed E-state index contributed by atoms with van der Waals surface area (Å²) >= 11 is 0. The third-order valence-electron chi connectivity index (χ3n) is 5.00. The van der Waals surface area contributed by atoms with Gasteiger partial charge in [-0.3, -0.25) is 9.59 Å². The van der Waals surface area contributed by atoms with E-state index in [9.17, 15) is 9.59 Å². The third kappa shape index (κ3) is 3.40. The molecule has 1 atom stereocenters. The molecule has 0 saturated carbocycles. The van der Waals surface area contributed by atoms with Crippen LogP contribution in [0.3, 0.4) is 0 Å². The van der Waals surface area contributed by atoms with Crippen molar-refractivity contribution in [1.82, 2.24) is 34.2 Å². The molecule has 3 aromatic rings. The number of nitrogens with zero attached hydrogens (tertiary/aromatic N) is 6. The van der Waals surface area contributed by atoms with Crippen molar-refractivity contribution in [3.63, 3.8) is 0 Å². The first-order valence-corrected chi connectivity index (χ1v) is 8.94. The van der Waals surface area contributed by atoms with Crippen LogP contribution in [0.15, 0.2) is 41.8 Å². The molecule has 4 heterocycles. The maximum Gasteiger partial charge on any atom is 0.260 e. The van der Waals surface area contributed by atoms with Gasteiger partial charge in [0.25, 0.3) is 11.5 Å². The average Bonchev–Trinajstić information content (AvgIpc) is 3.32. The van der Waals surface area contributed by atoms with Crippen LogP contribution < -0.4 is 5.56 Å².